The van der Waals surface area contributed by atoms with E-state index in [0.717, 1.165) is 12.8 Å². The summed E-state index contributed by atoms with van der Waals surface area (Å²) >= 11 is 1.69. The van der Waals surface area contributed by atoms with E-state index < -0.39 is 11.4 Å². The number of carboxylic acids is 1. The maximum Gasteiger partial charge on any atom is 0.310 e. The van der Waals surface area contributed by atoms with Gasteiger partial charge in [-0.1, -0.05) is 12.8 Å². The average Bonchev–Trinajstić information content (AvgIpc) is 2.76. The predicted octanol–water partition coefficient (Wildman–Crippen LogP) is 2.28. The van der Waals surface area contributed by atoms with Gasteiger partial charge < -0.3 is 10.4 Å². The van der Waals surface area contributed by atoms with Crippen LogP contribution in [0.4, 0.5) is 0 Å². The summed E-state index contributed by atoms with van der Waals surface area (Å²) in [6.45, 7) is 4.68. The van der Waals surface area contributed by atoms with Gasteiger partial charge >= 0.3 is 5.97 Å². The van der Waals surface area contributed by atoms with Crippen molar-refractivity contribution in [1.29, 1.82) is 0 Å². The first-order chi connectivity index (χ1) is 8.31. The highest BCUT2D eigenvalue weighted by atomic mass is 32.2. The molecule has 0 atom stereocenters. The molecule has 18 heavy (non-hydrogen) atoms. The number of thioether (sulfide) groups is 1. The highest BCUT2D eigenvalue weighted by molar-refractivity contribution is 7.99. The molecule has 0 unspecified atom stereocenters. The van der Waals surface area contributed by atoms with Crippen LogP contribution in [-0.2, 0) is 9.59 Å². The van der Waals surface area contributed by atoms with Gasteiger partial charge in [0.2, 0.25) is 5.91 Å². The zero-order valence-electron chi connectivity index (χ0n) is 11.4. The minimum atomic E-state index is -0.820. The van der Waals surface area contributed by atoms with Gasteiger partial charge in [-0.2, -0.15) is 11.8 Å². The normalized spacial score (nSPS) is 18.6. The first kappa shape index (κ1) is 15.3. The second-order valence-electron chi connectivity index (χ2n) is 5.71. The SMILES string of the molecule is CSC(C)(C)CNC(=O)CC1(C(=O)O)CCCC1. The minimum Gasteiger partial charge on any atom is -0.481 e. The molecule has 5 heteroatoms. The summed E-state index contributed by atoms with van der Waals surface area (Å²) in [6.07, 6.45) is 5.20. The smallest absolute Gasteiger partial charge is 0.310 e. The molecule has 0 aliphatic heterocycles. The van der Waals surface area contributed by atoms with Crippen LogP contribution in [0.1, 0.15) is 46.0 Å². The number of carbonyl (C=O) groups is 2. The molecule has 1 fully saturated rings. The Labute approximate surface area is 113 Å². The Hall–Kier alpha value is -0.710. The molecule has 0 spiro atoms. The molecule has 0 saturated heterocycles. The molecule has 1 aliphatic carbocycles. The van der Waals surface area contributed by atoms with E-state index in [0.29, 0.717) is 19.4 Å². The number of hydrogen-bond acceptors (Lipinski definition) is 3. The van der Waals surface area contributed by atoms with Crippen LogP contribution in [-0.4, -0.2) is 34.5 Å². The van der Waals surface area contributed by atoms with Gasteiger partial charge in [0, 0.05) is 17.7 Å². The third kappa shape index (κ3) is 3.90. The second kappa shape index (κ2) is 5.95. The minimum absolute atomic E-state index is 0.0122. The predicted molar refractivity (Wildman–Crippen MR) is 73.8 cm³/mol. The monoisotopic (exact) mass is 273 g/mol. The highest BCUT2D eigenvalue weighted by Crippen LogP contribution is 2.41. The van der Waals surface area contributed by atoms with Gasteiger partial charge in [-0.25, -0.2) is 0 Å². The van der Waals surface area contributed by atoms with Crippen molar-refractivity contribution in [3.63, 3.8) is 0 Å². The molecule has 0 aromatic rings. The number of aliphatic carboxylic acids is 1. The van der Waals surface area contributed by atoms with Gasteiger partial charge in [-0.05, 0) is 32.9 Å². The lowest BCUT2D eigenvalue weighted by molar-refractivity contribution is -0.151. The Balaban J connectivity index is 2.51. The van der Waals surface area contributed by atoms with E-state index in [1.54, 1.807) is 11.8 Å². The Morgan fingerprint density at radius 2 is 1.89 bits per heavy atom. The van der Waals surface area contributed by atoms with Gasteiger partial charge in [0.05, 0.1) is 5.41 Å². The summed E-state index contributed by atoms with van der Waals surface area (Å²) in [5.74, 6) is -0.958. The van der Waals surface area contributed by atoms with Crippen LogP contribution in [0.5, 0.6) is 0 Å². The van der Waals surface area contributed by atoms with E-state index >= 15 is 0 Å². The molecule has 0 aromatic heterocycles. The number of rotatable bonds is 6. The third-order valence-corrected chi connectivity index (χ3v) is 5.03. The Bertz CT molecular complexity index is 322. The Kier molecular flexibility index (Phi) is 5.08. The number of carbonyl (C=O) groups excluding carboxylic acids is 1. The zero-order valence-corrected chi connectivity index (χ0v) is 12.2. The number of amides is 1. The second-order valence-corrected chi connectivity index (χ2v) is 7.22. The van der Waals surface area contributed by atoms with E-state index in [1.807, 2.05) is 6.26 Å². The van der Waals surface area contributed by atoms with Crippen LogP contribution >= 0.6 is 11.8 Å². The lowest BCUT2D eigenvalue weighted by Crippen LogP contribution is -2.40. The van der Waals surface area contributed by atoms with Crippen molar-refractivity contribution in [2.24, 2.45) is 5.41 Å². The number of hydrogen-bond donors (Lipinski definition) is 2. The van der Waals surface area contributed by atoms with Crippen LogP contribution in [0, 0.1) is 5.41 Å². The molecule has 104 valence electrons. The summed E-state index contributed by atoms with van der Waals surface area (Å²) in [7, 11) is 0. The molecule has 2 N–H and O–H groups in total. The molecule has 1 rings (SSSR count). The molecule has 1 amide bonds. The topological polar surface area (TPSA) is 66.4 Å². The largest absolute Gasteiger partial charge is 0.481 e. The fraction of sp³-hybridized carbons (Fsp3) is 0.846. The maximum atomic E-state index is 11.9. The first-order valence-electron chi connectivity index (χ1n) is 6.37. The standard InChI is InChI=1S/C13H23NO3S/c1-12(2,18-3)9-14-10(15)8-13(11(16)17)6-4-5-7-13/h4-9H2,1-3H3,(H,14,15)(H,16,17). The summed E-state index contributed by atoms with van der Waals surface area (Å²) in [5, 5.41) is 12.2. The average molecular weight is 273 g/mol. The van der Waals surface area contributed by atoms with Crippen molar-refractivity contribution in [1.82, 2.24) is 5.32 Å². The summed E-state index contributed by atoms with van der Waals surface area (Å²) < 4.78 is -0.0122. The summed E-state index contributed by atoms with van der Waals surface area (Å²) in [6, 6.07) is 0. The van der Waals surface area contributed by atoms with Crippen molar-refractivity contribution < 1.29 is 14.7 Å². The van der Waals surface area contributed by atoms with E-state index in [2.05, 4.69) is 19.2 Å². The molecule has 1 aliphatic rings. The fourth-order valence-electron chi connectivity index (χ4n) is 2.27. The maximum absolute atomic E-state index is 11.9. The van der Waals surface area contributed by atoms with Crippen molar-refractivity contribution in [3.05, 3.63) is 0 Å². The zero-order chi connectivity index (χ0) is 13.8. The molecule has 0 radical (unpaired) electrons. The lowest BCUT2D eigenvalue weighted by Gasteiger charge is -2.26. The van der Waals surface area contributed by atoms with Gasteiger partial charge in [0.1, 0.15) is 0 Å². The van der Waals surface area contributed by atoms with Crippen LogP contribution in [0.3, 0.4) is 0 Å². The molecule has 0 aromatic carbocycles. The summed E-state index contributed by atoms with van der Waals surface area (Å²) in [5.41, 5.74) is -0.812. The first-order valence-corrected chi connectivity index (χ1v) is 7.59. The van der Waals surface area contributed by atoms with Crippen molar-refractivity contribution in [3.8, 4) is 0 Å². The highest BCUT2D eigenvalue weighted by Gasteiger charge is 2.43. The quantitative estimate of drug-likeness (QED) is 0.779. The van der Waals surface area contributed by atoms with Crippen LogP contribution in [0.2, 0.25) is 0 Å². The molecule has 0 heterocycles. The van der Waals surface area contributed by atoms with Gasteiger partial charge in [-0.3, -0.25) is 9.59 Å². The molecular weight excluding hydrogens is 250 g/mol. The Morgan fingerprint density at radius 1 is 1.33 bits per heavy atom. The molecule has 1 saturated carbocycles. The summed E-state index contributed by atoms with van der Waals surface area (Å²) in [4.78, 5) is 23.2. The number of carboxylic acid groups (broad SMARTS) is 1. The van der Waals surface area contributed by atoms with E-state index in [1.165, 1.54) is 0 Å². The van der Waals surface area contributed by atoms with E-state index in [9.17, 15) is 14.7 Å². The van der Waals surface area contributed by atoms with E-state index in [-0.39, 0.29) is 17.1 Å². The van der Waals surface area contributed by atoms with Gasteiger partial charge in [0.15, 0.2) is 0 Å². The van der Waals surface area contributed by atoms with Crippen LogP contribution < -0.4 is 5.32 Å². The molecule has 0 bridgehead atoms. The molecular formula is C13H23NO3S. The van der Waals surface area contributed by atoms with Crippen molar-refractivity contribution in [2.45, 2.75) is 50.7 Å². The molecule has 4 nitrogen and oxygen atoms in total. The van der Waals surface area contributed by atoms with Crippen LogP contribution in [0.15, 0.2) is 0 Å². The lowest BCUT2D eigenvalue weighted by atomic mass is 9.82. The van der Waals surface area contributed by atoms with E-state index in [4.69, 9.17) is 0 Å². The van der Waals surface area contributed by atoms with Crippen molar-refractivity contribution in [2.75, 3.05) is 12.8 Å². The van der Waals surface area contributed by atoms with Gasteiger partial charge in [0.25, 0.3) is 0 Å². The Morgan fingerprint density at radius 3 is 2.33 bits per heavy atom. The van der Waals surface area contributed by atoms with Crippen molar-refractivity contribution >= 4 is 23.6 Å². The third-order valence-electron chi connectivity index (χ3n) is 3.78. The fourth-order valence-corrected chi connectivity index (χ4v) is 2.49. The number of nitrogens with one attached hydrogen (secondary N) is 1. The van der Waals surface area contributed by atoms with Gasteiger partial charge in [-0.15, -0.1) is 0 Å². The van der Waals surface area contributed by atoms with Crippen LogP contribution in [0.25, 0.3) is 0 Å².